The van der Waals surface area contributed by atoms with Gasteiger partial charge in [-0.3, -0.25) is 0 Å². The summed E-state index contributed by atoms with van der Waals surface area (Å²) in [6.45, 7) is 15.5. The van der Waals surface area contributed by atoms with E-state index in [0.717, 1.165) is 44.9 Å². The van der Waals surface area contributed by atoms with Crippen LogP contribution >= 0.6 is 0 Å². The van der Waals surface area contributed by atoms with E-state index in [1.54, 1.807) is 0 Å². The number of hydrogen-bond donors (Lipinski definition) is 8. The van der Waals surface area contributed by atoms with Gasteiger partial charge in [0.15, 0.2) is 12.6 Å². The quantitative estimate of drug-likeness (QED) is 0.131. The molecule has 3 saturated heterocycles. The second kappa shape index (κ2) is 15.4. The number of fused-ring (bicyclic) bond motifs is 5. The van der Waals surface area contributed by atoms with Gasteiger partial charge >= 0.3 is 0 Å². The molecule has 0 aromatic rings. The second-order valence-corrected chi connectivity index (χ2v) is 20.1. The Balaban J connectivity index is 1.08. The van der Waals surface area contributed by atoms with E-state index in [9.17, 15) is 40.9 Å². The molecule has 21 unspecified atom stereocenters. The van der Waals surface area contributed by atoms with Crippen LogP contribution in [-0.4, -0.2) is 140 Å². The smallest absolute Gasteiger partial charge is 0.187 e. The van der Waals surface area contributed by atoms with Gasteiger partial charge in [0.05, 0.1) is 32.0 Å². The summed E-state index contributed by atoms with van der Waals surface area (Å²) in [7, 11) is 0. The van der Waals surface area contributed by atoms with Crippen LogP contribution in [0.1, 0.15) is 99.8 Å². The van der Waals surface area contributed by atoms with E-state index in [1.807, 2.05) is 0 Å². The molecule has 55 heavy (non-hydrogen) atoms. The van der Waals surface area contributed by atoms with Crippen LogP contribution in [0.15, 0.2) is 11.6 Å². The fourth-order valence-corrected chi connectivity index (χ4v) is 13.8. The Kier molecular flexibility index (Phi) is 11.8. The standard InChI is InChI=1S/C42H70O13/c1-20(2)16-25-30(45)21(19-51-25)22-10-14-42(7)24-8-9-28-39(3,4)29(12-13-40(28,5)23(24)11-15-41(22,42)6)54-38-36(34(49)32(47)27(18-44)53-38)55-37-35(50)33(48)31(46)26(17-43)52-37/h16,21-38,43-50H,8-15,17-19H2,1-7H3. The molecule has 13 heteroatoms. The minimum atomic E-state index is -1.73. The molecule has 316 valence electrons. The zero-order valence-electron chi connectivity index (χ0n) is 33.9. The fourth-order valence-electron chi connectivity index (χ4n) is 13.8. The molecule has 0 aromatic heterocycles. The summed E-state index contributed by atoms with van der Waals surface area (Å²) >= 11 is 0. The highest BCUT2D eigenvalue weighted by molar-refractivity contribution is 5.18. The van der Waals surface area contributed by atoms with E-state index in [1.165, 1.54) is 5.57 Å². The van der Waals surface area contributed by atoms with Crippen molar-refractivity contribution in [2.24, 2.45) is 51.2 Å². The Hall–Kier alpha value is -0.780. The maximum Gasteiger partial charge on any atom is 0.187 e. The average Bonchev–Trinajstić information content (AvgIpc) is 3.62. The van der Waals surface area contributed by atoms with Crippen LogP contribution in [0.4, 0.5) is 0 Å². The van der Waals surface area contributed by atoms with Crippen molar-refractivity contribution >= 4 is 0 Å². The lowest BCUT2D eigenvalue weighted by atomic mass is 9.38. The van der Waals surface area contributed by atoms with Gasteiger partial charge in [-0.2, -0.15) is 0 Å². The van der Waals surface area contributed by atoms with Gasteiger partial charge in [-0.25, -0.2) is 0 Å². The first kappa shape index (κ1) is 42.3. The maximum atomic E-state index is 11.5. The van der Waals surface area contributed by atoms with Crippen molar-refractivity contribution in [2.45, 2.75) is 180 Å². The lowest BCUT2D eigenvalue weighted by Gasteiger charge is -2.68. The molecule has 3 aliphatic heterocycles. The van der Waals surface area contributed by atoms with Crippen LogP contribution in [-0.2, 0) is 23.7 Å². The van der Waals surface area contributed by atoms with E-state index in [-0.39, 0.29) is 39.8 Å². The van der Waals surface area contributed by atoms with Gasteiger partial charge in [-0.15, -0.1) is 0 Å². The van der Waals surface area contributed by atoms with Crippen molar-refractivity contribution < 1.29 is 64.5 Å². The van der Waals surface area contributed by atoms with Crippen LogP contribution in [0.25, 0.3) is 0 Å². The Labute approximate surface area is 326 Å². The summed E-state index contributed by atoms with van der Waals surface area (Å²) in [5.74, 6) is 1.98. The lowest BCUT2D eigenvalue weighted by Crippen LogP contribution is -2.66. The lowest BCUT2D eigenvalue weighted by molar-refractivity contribution is -0.378. The van der Waals surface area contributed by atoms with Crippen molar-refractivity contribution in [3.05, 3.63) is 11.6 Å². The Morgan fingerprint density at radius 2 is 1.24 bits per heavy atom. The minimum absolute atomic E-state index is 0.0578. The third-order valence-electron chi connectivity index (χ3n) is 17.0. The highest BCUT2D eigenvalue weighted by atomic mass is 16.8. The van der Waals surface area contributed by atoms with Gasteiger partial charge in [-0.05, 0) is 111 Å². The van der Waals surface area contributed by atoms with Gasteiger partial charge < -0.3 is 64.5 Å². The predicted molar refractivity (Wildman–Crippen MR) is 199 cm³/mol. The van der Waals surface area contributed by atoms with E-state index in [2.05, 4.69) is 54.5 Å². The number of rotatable bonds is 8. The predicted octanol–water partition coefficient (Wildman–Crippen LogP) is 2.02. The summed E-state index contributed by atoms with van der Waals surface area (Å²) in [5, 5.41) is 84.8. The maximum absolute atomic E-state index is 11.5. The molecule has 0 amide bonds. The molecule has 13 nitrogen and oxygen atoms in total. The van der Waals surface area contributed by atoms with Crippen LogP contribution < -0.4 is 0 Å². The van der Waals surface area contributed by atoms with Crippen molar-refractivity contribution in [3.63, 3.8) is 0 Å². The molecule has 0 radical (unpaired) electrons. The topological polar surface area (TPSA) is 208 Å². The molecular weight excluding hydrogens is 712 g/mol. The molecule has 0 bridgehead atoms. The SMILES string of the molecule is CC(C)=CC1OCC(C2CCC3(C)C4CCC5C(C)(C)C(OC6OC(CO)C(O)C(O)C6OC6OC(CO)C(O)C(O)C6O)CCC5(C)C4CCC23C)C1O. The van der Waals surface area contributed by atoms with Gasteiger partial charge in [-0.1, -0.05) is 46.3 Å². The second-order valence-electron chi connectivity index (χ2n) is 20.1. The molecule has 0 aromatic carbocycles. The molecule has 21 atom stereocenters. The molecule has 7 fully saturated rings. The first-order valence-corrected chi connectivity index (χ1v) is 21.0. The van der Waals surface area contributed by atoms with E-state index >= 15 is 0 Å². The van der Waals surface area contributed by atoms with E-state index in [4.69, 9.17) is 23.7 Å². The number of ether oxygens (including phenoxy) is 5. The third-order valence-corrected chi connectivity index (χ3v) is 17.0. The van der Waals surface area contributed by atoms with Gasteiger partial charge in [0.2, 0.25) is 0 Å². The zero-order valence-corrected chi connectivity index (χ0v) is 33.9. The first-order chi connectivity index (χ1) is 25.8. The Morgan fingerprint density at radius 1 is 0.636 bits per heavy atom. The van der Waals surface area contributed by atoms with Crippen molar-refractivity contribution in [1.29, 1.82) is 0 Å². The summed E-state index contributed by atoms with van der Waals surface area (Å²) < 4.78 is 30.6. The number of hydrogen-bond acceptors (Lipinski definition) is 13. The third kappa shape index (κ3) is 6.71. The van der Waals surface area contributed by atoms with E-state index < -0.39 is 80.7 Å². The normalized spacial score (nSPS) is 55.0. The molecule has 7 aliphatic rings. The Bertz CT molecular complexity index is 1390. The van der Waals surface area contributed by atoms with E-state index in [0.29, 0.717) is 36.7 Å². The molecule has 4 aliphatic carbocycles. The monoisotopic (exact) mass is 782 g/mol. The van der Waals surface area contributed by atoms with Crippen LogP contribution in [0.3, 0.4) is 0 Å². The molecule has 3 heterocycles. The number of aliphatic hydroxyl groups is 8. The summed E-state index contributed by atoms with van der Waals surface area (Å²) in [5.41, 5.74) is 1.16. The summed E-state index contributed by atoms with van der Waals surface area (Å²) in [6, 6.07) is 0. The highest BCUT2D eigenvalue weighted by Gasteiger charge is 2.69. The van der Waals surface area contributed by atoms with Crippen molar-refractivity contribution in [3.8, 4) is 0 Å². The van der Waals surface area contributed by atoms with Gasteiger partial charge in [0, 0.05) is 5.92 Å². The van der Waals surface area contributed by atoms with Crippen LogP contribution in [0.5, 0.6) is 0 Å². The van der Waals surface area contributed by atoms with Crippen molar-refractivity contribution in [1.82, 2.24) is 0 Å². The van der Waals surface area contributed by atoms with Crippen LogP contribution in [0.2, 0.25) is 0 Å². The summed E-state index contributed by atoms with van der Waals surface area (Å²) in [4.78, 5) is 0. The van der Waals surface area contributed by atoms with Crippen LogP contribution in [0, 0.1) is 51.2 Å². The molecule has 8 N–H and O–H groups in total. The largest absolute Gasteiger partial charge is 0.394 e. The van der Waals surface area contributed by atoms with Crippen molar-refractivity contribution in [2.75, 3.05) is 19.8 Å². The fraction of sp³-hybridized carbons (Fsp3) is 0.952. The molecular formula is C42H70O13. The molecule has 4 saturated carbocycles. The zero-order chi connectivity index (χ0) is 40.0. The minimum Gasteiger partial charge on any atom is -0.394 e. The molecule has 0 spiro atoms. The Morgan fingerprint density at radius 3 is 1.87 bits per heavy atom. The molecule has 7 rings (SSSR count). The first-order valence-electron chi connectivity index (χ1n) is 21.0. The summed E-state index contributed by atoms with van der Waals surface area (Å²) in [6.07, 6.45) is -5.45. The van der Waals surface area contributed by atoms with Gasteiger partial charge in [0.1, 0.15) is 54.9 Å². The number of allylic oxidation sites excluding steroid dienone is 1. The average molecular weight is 783 g/mol. The highest BCUT2D eigenvalue weighted by Crippen LogP contribution is 2.75. The van der Waals surface area contributed by atoms with Gasteiger partial charge in [0.25, 0.3) is 0 Å². The number of aliphatic hydroxyl groups excluding tert-OH is 8.